The van der Waals surface area contributed by atoms with Gasteiger partial charge in [0.05, 0.1) is 7.05 Å². The molecule has 1 unspecified atom stereocenters. The maximum absolute atomic E-state index is 13.7. The van der Waals surface area contributed by atoms with E-state index < -0.39 is 0 Å². The molecule has 1 aromatic rings. The summed E-state index contributed by atoms with van der Waals surface area (Å²) in [4.78, 5) is 11.6. The fourth-order valence-electron chi connectivity index (χ4n) is 2.86. The summed E-state index contributed by atoms with van der Waals surface area (Å²) in [5.74, 6) is -0.227. The van der Waals surface area contributed by atoms with E-state index in [0.29, 0.717) is 11.6 Å². The molecule has 3 heteroatoms. The lowest BCUT2D eigenvalue weighted by Crippen LogP contribution is -2.53. The van der Waals surface area contributed by atoms with Crippen LogP contribution >= 0.6 is 0 Å². The fourth-order valence-corrected chi connectivity index (χ4v) is 2.86. The van der Waals surface area contributed by atoms with Crippen LogP contribution in [0.1, 0.15) is 37.7 Å². The number of quaternary nitrogens is 1. The van der Waals surface area contributed by atoms with E-state index in [1.807, 2.05) is 13.1 Å². The molecule has 1 aliphatic carbocycles. The van der Waals surface area contributed by atoms with Crippen molar-refractivity contribution in [1.29, 1.82) is 0 Å². The number of benzene rings is 1. The summed E-state index contributed by atoms with van der Waals surface area (Å²) in [6.07, 6.45) is 6.63. The topological polar surface area (TPSA) is 17.1 Å². The minimum Gasteiger partial charge on any atom is -0.233 e. The van der Waals surface area contributed by atoms with Crippen LogP contribution in [0.5, 0.6) is 0 Å². The summed E-state index contributed by atoms with van der Waals surface area (Å²) in [7, 11) is 1.90. The van der Waals surface area contributed by atoms with Crippen molar-refractivity contribution in [1.82, 2.24) is 4.48 Å². The molecule has 0 N–H and O–H groups in total. The Labute approximate surface area is 108 Å². The molecule has 0 radical (unpaired) electrons. The Kier molecular flexibility index (Phi) is 3.81. The zero-order valence-electron chi connectivity index (χ0n) is 11.2. The number of amides is 1. The molecule has 0 aromatic heterocycles. The van der Waals surface area contributed by atoms with Gasteiger partial charge in [-0.1, -0.05) is 12.5 Å². The van der Waals surface area contributed by atoms with Crippen LogP contribution in [-0.2, 0) is 4.79 Å². The van der Waals surface area contributed by atoms with Gasteiger partial charge in [0.2, 0.25) is 0 Å². The summed E-state index contributed by atoms with van der Waals surface area (Å²) in [6, 6.07) is 5.44. The molecule has 0 saturated heterocycles. The van der Waals surface area contributed by atoms with E-state index in [1.165, 1.54) is 25.3 Å². The van der Waals surface area contributed by atoms with Crippen LogP contribution in [0.25, 0.3) is 0 Å². The van der Waals surface area contributed by atoms with Crippen molar-refractivity contribution in [3.05, 3.63) is 29.6 Å². The second-order valence-electron chi connectivity index (χ2n) is 5.48. The molecule has 0 aliphatic heterocycles. The van der Waals surface area contributed by atoms with Crippen LogP contribution in [0.3, 0.4) is 0 Å². The van der Waals surface area contributed by atoms with Gasteiger partial charge in [0, 0.05) is 25.0 Å². The lowest BCUT2D eigenvalue weighted by molar-refractivity contribution is -0.118. The lowest BCUT2D eigenvalue weighted by Gasteiger charge is -2.37. The second kappa shape index (κ2) is 5.19. The minimum absolute atomic E-state index is 0.206. The first-order valence-electron chi connectivity index (χ1n) is 6.67. The molecule has 1 aromatic carbocycles. The van der Waals surface area contributed by atoms with Gasteiger partial charge in [0.25, 0.3) is 0 Å². The van der Waals surface area contributed by atoms with Gasteiger partial charge in [-0.2, -0.15) is 0 Å². The van der Waals surface area contributed by atoms with E-state index >= 15 is 0 Å². The molecule has 98 valence electrons. The lowest BCUT2D eigenvalue weighted by atomic mass is 9.92. The number of carbonyl (C=O) groups is 1. The van der Waals surface area contributed by atoms with E-state index in [0.717, 1.165) is 24.9 Å². The maximum Gasteiger partial charge on any atom is 0.306 e. The molecule has 1 atom stereocenters. The molecule has 0 spiro atoms. The van der Waals surface area contributed by atoms with Crippen molar-refractivity contribution in [2.45, 2.75) is 45.1 Å². The van der Waals surface area contributed by atoms with Gasteiger partial charge in [0.15, 0.2) is 0 Å². The first-order valence-corrected chi connectivity index (χ1v) is 6.67. The maximum atomic E-state index is 13.7. The summed E-state index contributed by atoms with van der Waals surface area (Å²) < 4.78 is 13.9. The molecule has 2 nitrogen and oxygen atoms in total. The van der Waals surface area contributed by atoms with Crippen molar-refractivity contribution in [3.63, 3.8) is 0 Å². The Balaban J connectivity index is 2.35. The average molecular weight is 250 g/mol. The molecule has 1 amide bonds. The van der Waals surface area contributed by atoms with Gasteiger partial charge in [-0.05, 0) is 25.3 Å². The molecule has 2 rings (SSSR count). The van der Waals surface area contributed by atoms with Crippen LogP contribution in [0.4, 0.5) is 10.1 Å². The third kappa shape index (κ3) is 2.32. The molecule has 1 saturated carbocycles. The number of nitrogens with zero attached hydrogens (tertiary/aromatic N) is 1. The Morgan fingerprint density at radius 1 is 1.28 bits per heavy atom. The Hall–Kier alpha value is -1.22. The number of hydrogen-bond acceptors (Lipinski definition) is 1. The summed E-state index contributed by atoms with van der Waals surface area (Å²) >= 11 is 0. The van der Waals surface area contributed by atoms with Crippen LogP contribution < -0.4 is 4.48 Å². The van der Waals surface area contributed by atoms with Crippen molar-refractivity contribution < 1.29 is 9.18 Å². The number of hydrogen-bond donors (Lipinski definition) is 0. The van der Waals surface area contributed by atoms with E-state index in [4.69, 9.17) is 0 Å². The normalized spacial score (nSPS) is 20.4. The number of rotatable bonds is 3. The highest BCUT2D eigenvalue weighted by Gasteiger charge is 2.36. The molecule has 18 heavy (non-hydrogen) atoms. The monoisotopic (exact) mass is 250 g/mol. The van der Waals surface area contributed by atoms with E-state index in [2.05, 4.69) is 0 Å². The zero-order chi connectivity index (χ0) is 13.2. The van der Waals surface area contributed by atoms with Gasteiger partial charge in [-0.3, -0.25) is 0 Å². The van der Waals surface area contributed by atoms with Crippen molar-refractivity contribution in [2.75, 3.05) is 7.05 Å². The molecule has 1 aliphatic rings. The molecular formula is C15H21FNO+. The quantitative estimate of drug-likeness (QED) is 0.592. The molecular weight excluding hydrogens is 229 g/mol. The number of carbonyl (C=O) groups excluding carboxylic acids is 1. The SMILES string of the molecule is Cc1ccc([N+](C)(C=O)C2CCCCC2)cc1F. The fraction of sp³-hybridized carbons (Fsp3) is 0.533. The average Bonchev–Trinajstić information content (AvgIpc) is 2.42. The van der Waals surface area contributed by atoms with E-state index in [1.54, 1.807) is 13.0 Å². The van der Waals surface area contributed by atoms with Gasteiger partial charge in [-0.15, -0.1) is 0 Å². The first-order chi connectivity index (χ1) is 8.58. The molecule has 0 bridgehead atoms. The zero-order valence-corrected chi connectivity index (χ0v) is 11.2. The molecule has 1 fully saturated rings. The number of halogens is 1. The Bertz CT molecular complexity index is 440. The van der Waals surface area contributed by atoms with Crippen LogP contribution in [0, 0.1) is 12.7 Å². The largest absolute Gasteiger partial charge is 0.306 e. The van der Waals surface area contributed by atoms with E-state index in [9.17, 15) is 9.18 Å². The van der Waals surface area contributed by atoms with Crippen LogP contribution in [-0.4, -0.2) is 19.5 Å². The minimum atomic E-state index is -0.227. The highest BCUT2D eigenvalue weighted by Crippen LogP contribution is 2.32. The second-order valence-corrected chi connectivity index (χ2v) is 5.48. The standard InChI is InChI=1S/C15H21FNO/c1-12-8-9-14(10-15(12)16)17(2,11-18)13-6-4-3-5-7-13/h8-11,13H,3-7H2,1-2H3/q+1. The van der Waals surface area contributed by atoms with Gasteiger partial charge in [0.1, 0.15) is 17.5 Å². The summed E-state index contributed by atoms with van der Waals surface area (Å²) in [5.41, 5.74) is 1.39. The first kappa shape index (κ1) is 13.2. The third-order valence-corrected chi connectivity index (χ3v) is 4.26. The summed E-state index contributed by atoms with van der Waals surface area (Å²) in [6.45, 7) is 1.74. The third-order valence-electron chi connectivity index (χ3n) is 4.26. The van der Waals surface area contributed by atoms with Crippen LogP contribution in [0.15, 0.2) is 18.2 Å². The van der Waals surface area contributed by atoms with Crippen LogP contribution in [0.2, 0.25) is 0 Å². The van der Waals surface area contributed by atoms with Gasteiger partial charge in [-0.25, -0.2) is 13.7 Å². The molecule has 0 heterocycles. The predicted molar refractivity (Wildman–Crippen MR) is 71.8 cm³/mol. The van der Waals surface area contributed by atoms with Crippen molar-refractivity contribution in [3.8, 4) is 0 Å². The predicted octanol–water partition coefficient (Wildman–Crippen LogP) is 3.56. The van der Waals surface area contributed by atoms with Crippen molar-refractivity contribution >= 4 is 12.1 Å². The van der Waals surface area contributed by atoms with E-state index in [-0.39, 0.29) is 10.3 Å². The highest BCUT2D eigenvalue weighted by molar-refractivity contribution is 5.69. The Morgan fingerprint density at radius 2 is 1.94 bits per heavy atom. The van der Waals surface area contributed by atoms with Crippen molar-refractivity contribution in [2.24, 2.45) is 0 Å². The summed E-state index contributed by atoms with van der Waals surface area (Å²) in [5, 5.41) is 0. The highest BCUT2D eigenvalue weighted by atomic mass is 19.1. The van der Waals surface area contributed by atoms with Gasteiger partial charge < -0.3 is 0 Å². The smallest absolute Gasteiger partial charge is 0.233 e. The number of aryl methyl sites for hydroxylation is 1. The van der Waals surface area contributed by atoms with Gasteiger partial charge >= 0.3 is 6.41 Å². The Morgan fingerprint density at radius 3 is 2.50 bits per heavy atom.